The molecule has 3 aromatic rings. The highest BCUT2D eigenvalue weighted by molar-refractivity contribution is 5.94. The van der Waals surface area contributed by atoms with Crippen molar-refractivity contribution in [3.05, 3.63) is 65.0 Å². The molecule has 110 valence electrons. The van der Waals surface area contributed by atoms with Gasteiger partial charge in [0.15, 0.2) is 0 Å². The molecule has 22 heavy (non-hydrogen) atoms. The van der Waals surface area contributed by atoms with E-state index in [0.29, 0.717) is 16.8 Å². The zero-order chi connectivity index (χ0) is 15.7. The molecule has 1 aromatic heterocycles. The molecule has 0 aliphatic heterocycles. The number of hydrogen-bond acceptors (Lipinski definition) is 4. The van der Waals surface area contributed by atoms with Crippen molar-refractivity contribution in [2.75, 3.05) is 0 Å². The molecule has 0 aliphatic rings. The van der Waals surface area contributed by atoms with Crippen molar-refractivity contribution in [2.45, 2.75) is 20.8 Å². The number of aromatic nitrogens is 2. The monoisotopic (exact) mass is 292 g/mol. The van der Waals surface area contributed by atoms with E-state index in [4.69, 9.17) is 4.74 Å². The molecule has 0 saturated carbocycles. The molecule has 0 saturated heterocycles. The largest absolute Gasteiger partial charge is 0.422 e. The highest BCUT2D eigenvalue weighted by atomic mass is 16.5. The van der Waals surface area contributed by atoms with Gasteiger partial charge in [-0.25, -0.2) is 4.79 Å². The summed E-state index contributed by atoms with van der Waals surface area (Å²) < 4.78 is 5.58. The third-order valence-corrected chi connectivity index (χ3v) is 3.50. The number of hydrogen-bond donors (Lipinski definition) is 0. The molecule has 4 heteroatoms. The molecule has 0 unspecified atom stereocenters. The van der Waals surface area contributed by atoms with Crippen molar-refractivity contribution in [2.24, 2.45) is 0 Å². The Bertz CT molecular complexity index is 849. The minimum atomic E-state index is -0.386. The summed E-state index contributed by atoms with van der Waals surface area (Å²) in [5.41, 5.74) is 4.94. The number of nitrogens with zero attached hydrogens (tertiary/aromatic N) is 2. The third kappa shape index (κ3) is 2.68. The lowest BCUT2D eigenvalue weighted by molar-refractivity contribution is 0.0732. The Labute approximate surface area is 128 Å². The fraction of sp³-hybridized carbons (Fsp3) is 0.167. The highest BCUT2D eigenvalue weighted by Crippen LogP contribution is 2.25. The molecular weight excluding hydrogens is 276 g/mol. The molecule has 0 bridgehead atoms. The maximum atomic E-state index is 12.4. The second-order valence-electron chi connectivity index (χ2n) is 5.38. The first-order valence-corrected chi connectivity index (χ1v) is 7.05. The fourth-order valence-electron chi connectivity index (χ4n) is 2.57. The molecule has 0 fully saturated rings. The lowest BCUT2D eigenvalue weighted by atomic mass is 10.1. The Morgan fingerprint density at radius 1 is 0.909 bits per heavy atom. The number of fused-ring (bicyclic) bond motifs is 1. The second-order valence-corrected chi connectivity index (χ2v) is 5.38. The lowest BCUT2D eigenvalue weighted by Gasteiger charge is -2.11. The Balaban J connectivity index is 1.93. The minimum absolute atomic E-state index is 0.386. The number of ether oxygens (including phenoxy) is 1. The SMILES string of the molecule is Cc1cc(C)c(OC(=O)c2ccc3nccnc3c2)c(C)c1. The van der Waals surface area contributed by atoms with Gasteiger partial charge in [0.1, 0.15) is 5.75 Å². The summed E-state index contributed by atoms with van der Waals surface area (Å²) in [5.74, 6) is 0.234. The van der Waals surface area contributed by atoms with Crippen molar-refractivity contribution in [3.8, 4) is 5.75 Å². The summed E-state index contributed by atoms with van der Waals surface area (Å²) in [7, 11) is 0. The van der Waals surface area contributed by atoms with Gasteiger partial charge in [0.05, 0.1) is 16.6 Å². The van der Waals surface area contributed by atoms with Crippen LogP contribution in [0.25, 0.3) is 11.0 Å². The van der Waals surface area contributed by atoms with E-state index in [1.165, 1.54) is 0 Å². The van der Waals surface area contributed by atoms with Crippen molar-refractivity contribution >= 4 is 17.0 Å². The highest BCUT2D eigenvalue weighted by Gasteiger charge is 2.13. The van der Waals surface area contributed by atoms with Gasteiger partial charge in [-0.2, -0.15) is 0 Å². The predicted octanol–water partition coefficient (Wildman–Crippen LogP) is 3.77. The molecular formula is C18H16N2O2. The standard InChI is InChI=1S/C18H16N2O2/c1-11-8-12(2)17(13(3)9-11)22-18(21)14-4-5-15-16(10-14)20-7-6-19-15/h4-10H,1-3H3. The van der Waals surface area contributed by atoms with Gasteiger partial charge in [-0.3, -0.25) is 9.97 Å². The number of carbonyl (C=O) groups excluding carboxylic acids is 1. The number of esters is 1. The van der Waals surface area contributed by atoms with Crippen LogP contribution in [0, 0.1) is 20.8 Å². The van der Waals surface area contributed by atoms with Crippen LogP contribution in [0.5, 0.6) is 5.75 Å². The number of carbonyl (C=O) groups is 1. The van der Waals surface area contributed by atoms with Gasteiger partial charge in [-0.05, 0) is 50.1 Å². The molecule has 1 heterocycles. The smallest absolute Gasteiger partial charge is 0.343 e. The summed E-state index contributed by atoms with van der Waals surface area (Å²) in [6, 6.07) is 9.18. The van der Waals surface area contributed by atoms with Crippen LogP contribution < -0.4 is 4.74 Å². The van der Waals surface area contributed by atoms with E-state index in [1.807, 2.05) is 32.9 Å². The van der Waals surface area contributed by atoms with E-state index < -0.39 is 0 Å². The zero-order valence-corrected chi connectivity index (χ0v) is 12.8. The average Bonchev–Trinajstić information content (AvgIpc) is 2.50. The first kappa shape index (κ1) is 14.2. The van der Waals surface area contributed by atoms with Gasteiger partial charge in [0.25, 0.3) is 0 Å². The van der Waals surface area contributed by atoms with Crippen molar-refractivity contribution in [1.82, 2.24) is 9.97 Å². The van der Waals surface area contributed by atoms with E-state index in [2.05, 4.69) is 9.97 Å². The molecule has 2 aromatic carbocycles. The predicted molar refractivity (Wildman–Crippen MR) is 85.1 cm³/mol. The van der Waals surface area contributed by atoms with E-state index in [1.54, 1.807) is 30.6 Å². The van der Waals surface area contributed by atoms with E-state index in [0.717, 1.165) is 22.2 Å². The van der Waals surface area contributed by atoms with Gasteiger partial charge >= 0.3 is 5.97 Å². The molecule has 0 spiro atoms. The van der Waals surface area contributed by atoms with E-state index in [-0.39, 0.29) is 5.97 Å². The summed E-state index contributed by atoms with van der Waals surface area (Å²) in [4.78, 5) is 20.8. The van der Waals surface area contributed by atoms with Crippen LogP contribution in [-0.4, -0.2) is 15.9 Å². The van der Waals surface area contributed by atoms with Crippen LogP contribution in [0.1, 0.15) is 27.0 Å². The topological polar surface area (TPSA) is 52.1 Å². The summed E-state index contributed by atoms with van der Waals surface area (Å²) in [6.07, 6.45) is 3.23. The van der Waals surface area contributed by atoms with Crippen LogP contribution in [0.15, 0.2) is 42.7 Å². The van der Waals surface area contributed by atoms with Crippen molar-refractivity contribution < 1.29 is 9.53 Å². The molecule has 0 aliphatic carbocycles. The quantitative estimate of drug-likeness (QED) is 0.533. The first-order valence-electron chi connectivity index (χ1n) is 7.05. The molecule has 4 nitrogen and oxygen atoms in total. The van der Waals surface area contributed by atoms with E-state index >= 15 is 0 Å². The Morgan fingerprint density at radius 2 is 1.55 bits per heavy atom. The second kappa shape index (κ2) is 5.56. The molecule has 0 N–H and O–H groups in total. The Hall–Kier alpha value is -2.75. The maximum absolute atomic E-state index is 12.4. The van der Waals surface area contributed by atoms with Crippen LogP contribution in [-0.2, 0) is 0 Å². The van der Waals surface area contributed by atoms with Gasteiger partial charge < -0.3 is 4.74 Å². The van der Waals surface area contributed by atoms with Crippen LogP contribution in [0.4, 0.5) is 0 Å². The first-order chi connectivity index (χ1) is 10.5. The summed E-state index contributed by atoms with van der Waals surface area (Å²) in [6.45, 7) is 5.90. The zero-order valence-electron chi connectivity index (χ0n) is 12.8. The minimum Gasteiger partial charge on any atom is -0.422 e. The molecule has 0 amide bonds. The van der Waals surface area contributed by atoms with Gasteiger partial charge in [0.2, 0.25) is 0 Å². The molecule has 0 radical (unpaired) electrons. The molecule has 3 rings (SSSR count). The van der Waals surface area contributed by atoms with Crippen LogP contribution in [0.2, 0.25) is 0 Å². The summed E-state index contributed by atoms with van der Waals surface area (Å²) in [5, 5.41) is 0. The lowest BCUT2D eigenvalue weighted by Crippen LogP contribution is -2.10. The fourth-order valence-corrected chi connectivity index (χ4v) is 2.57. The Morgan fingerprint density at radius 3 is 2.23 bits per heavy atom. The van der Waals surface area contributed by atoms with E-state index in [9.17, 15) is 4.79 Å². The maximum Gasteiger partial charge on any atom is 0.343 e. The van der Waals surface area contributed by atoms with Crippen LogP contribution in [0.3, 0.4) is 0 Å². The van der Waals surface area contributed by atoms with Crippen LogP contribution >= 0.6 is 0 Å². The number of rotatable bonds is 2. The Kier molecular flexibility index (Phi) is 3.59. The third-order valence-electron chi connectivity index (χ3n) is 3.50. The average molecular weight is 292 g/mol. The summed E-state index contributed by atoms with van der Waals surface area (Å²) >= 11 is 0. The van der Waals surface area contributed by atoms with Gasteiger partial charge in [0, 0.05) is 12.4 Å². The van der Waals surface area contributed by atoms with Crippen molar-refractivity contribution in [1.29, 1.82) is 0 Å². The van der Waals surface area contributed by atoms with Crippen molar-refractivity contribution in [3.63, 3.8) is 0 Å². The number of benzene rings is 2. The normalized spacial score (nSPS) is 10.7. The van der Waals surface area contributed by atoms with Gasteiger partial charge in [-0.1, -0.05) is 17.7 Å². The number of aryl methyl sites for hydroxylation is 3. The molecule has 0 atom stereocenters. The van der Waals surface area contributed by atoms with Gasteiger partial charge in [-0.15, -0.1) is 0 Å².